The van der Waals surface area contributed by atoms with E-state index < -0.39 is 0 Å². The van der Waals surface area contributed by atoms with Gasteiger partial charge in [-0.25, -0.2) is 0 Å². The maximum absolute atomic E-state index is 5.75. The van der Waals surface area contributed by atoms with Crippen LogP contribution in [0.1, 0.15) is 18.4 Å². The Bertz CT molecular complexity index is 501. The molecular weight excluding hydrogens is 214 g/mol. The van der Waals surface area contributed by atoms with E-state index in [1.54, 1.807) is 18.6 Å². The molecule has 0 unspecified atom stereocenters. The maximum atomic E-state index is 5.75. The standard InChI is InChI=1S/C12H15N5/c13-5-10-8-17(7-9-1-2-9)16-12(10)11-6-14-3-4-15-11/h3-4,6,8-9H,1-2,5,7,13H2. The minimum absolute atomic E-state index is 0.483. The molecule has 2 aromatic rings. The van der Waals surface area contributed by atoms with Crippen LogP contribution >= 0.6 is 0 Å². The van der Waals surface area contributed by atoms with E-state index in [0.29, 0.717) is 6.54 Å². The minimum Gasteiger partial charge on any atom is -0.326 e. The van der Waals surface area contributed by atoms with Crippen molar-refractivity contribution in [2.45, 2.75) is 25.9 Å². The SMILES string of the molecule is NCc1cn(CC2CC2)nc1-c1cnccn1. The van der Waals surface area contributed by atoms with Crippen molar-refractivity contribution in [3.63, 3.8) is 0 Å². The third-order valence-electron chi connectivity index (χ3n) is 3.01. The van der Waals surface area contributed by atoms with Gasteiger partial charge in [0, 0.05) is 37.2 Å². The minimum atomic E-state index is 0.483. The zero-order valence-corrected chi connectivity index (χ0v) is 9.58. The quantitative estimate of drug-likeness (QED) is 0.855. The van der Waals surface area contributed by atoms with E-state index in [1.165, 1.54) is 12.8 Å². The first-order valence-electron chi connectivity index (χ1n) is 5.89. The second kappa shape index (κ2) is 4.25. The Labute approximate surface area is 99.7 Å². The Balaban J connectivity index is 1.94. The van der Waals surface area contributed by atoms with Crippen molar-refractivity contribution in [1.82, 2.24) is 19.7 Å². The van der Waals surface area contributed by atoms with Crippen molar-refractivity contribution in [3.8, 4) is 11.4 Å². The van der Waals surface area contributed by atoms with Gasteiger partial charge in [-0.05, 0) is 18.8 Å². The molecule has 1 saturated carbocycles. The third kappa shape index (κ3) is 2.19. The lowest BCUT2D eigenvalue weighted by Gasteiger charge is -1.98. The zero-order chi connectivity index (χ0) is 11.7. The zero-order valence-electron chi connectivity index (χ0n) is 9.58. The Kier molecular flexibility index (Phi) is 2.60. The topological polar surface area (TPSA) is 69.6 Å². The van der Waals surface area contributed by atoms with Crippen molar-refractivity contribution >= 4 is 0 Å². The predicted molar refractivity (Wildman–Crippen MR) is 63.9 cm³/mol. The molecule has 0 amide bonds. The van der Waals surface area contributed by atoms with Crippen LogP contribution in [0, 0.1) is 5.92 Å². The molecule has 88 valence electrons. The van der Waals surface area contributed by atoms with Gasteiger partial charge in [0.2, 0.25) is 0 Å². The van der Waals surface area contributed by atoms with E-state index in [9.17, 15) is 0 Å². The maximum Gasteiger partial charge on any atom is 0.117 e. The molecule has 3 rings (SSSR count). The average Bonchev–Trinajstić information content (AvgIpc) is 3.08. The second-order valence-corrected chi connectivity index (χ2v) is 4.46. The van der Waals surface area contributed by atoms with Gasteiger partial charge in [-0.1, -0.05) is 0 Å². The summed E-state index contributed by atoms with van der Waals surface area (Å²) >= 11 is 0. The van der Waals surface area contributed by atoms with Crippen molar-refractivity contribution in [2.75, 3.05) is 0 Å². The highest BCUT2D eigenvalue weighted by atomic mass is 15.3. The first-order chi connectivity index (χ1) is 8.36. The van der Waals surface area contributed by atoms with Gasteiger partial charge in [0.1, 0.15) is 11.4 Å². The molecule has 0 radical (unpaired) electrons. The van der Waals surface area contributed by atoms with Crippen LogP contribution in [0.15, 0.2) is 24.8 Å². The number of hydrogen-bond donors (Lipinski definition) is 1. The van der Waals surface area contributed by atoms with Crippen LogP contribution in [-0.4, -0.2) is 19.7 Å². The molecule has 0 aromatic carbocycles. The second-order valence-electron chi connectivity index (χ2n) is 4.46. The lowest BCUT2D eigenvalue weighted by Crippen LogP contribution is -2.00. The number of nitrogens with zero attached hydrogens (tertiary/aromatic N) is 4. The van der Waals surface area contributed by atoms with Gasteiger partial charge in [-0.15, -0.1) is 0 Å². The lowest BCUT2D eigenvalue weighted by molar-refractivity contribution is 0.564. The fourth-order valence-corrected chi connectivity index (χ4v) is 1.91. The van der Waals surface area contributed by atoms with Crippen LogP contribution in [0.5, 0.6) is 0 Å². The summed E-state index contributed by atoms with van der Waals surface area (Å²) in [6, 6.07) is 0. The molecule has 0 atom stereocenters. The number of rotatable bonds is 4. The Morgan fingerprint density at radius 3 is 2.88 bits per heavy atom. The molecule has 1 fully saturated rings. The third-order valence-corrected chi connectivity index (χ3v) is 3.01. The van der Waals surface area contributed by atoms with Gasteiger partial charge in [-0.2, -0.15) is 5.10 Å². The molecule has 1 aliphatic carbocycles. The highest BCUT2D eigenvalue weighted by Crippen LogP contribution is 2.31. The predicted octanol–water partition coefficient (Wildman–Crippen LogP) is 1.21. The Morgan fingerprint density at radius 1 is 1.35 bits per heavy atom. The Morgan fingerprint density at radius 2 is 2.24 bits per heavy atom. The van der Waals surface area contributed by atoms with Gasteiger partial charge in [0.15, 0.2) is 0 Å². The fraction of sp³-hybridized carbons (Fsp3) is 0.417. The molecule has 0 bridgehead atoms. The summed E-state index contributed by atoms with van der Waals surface area (Å²) in [6.45, 7) is 1.48. The van der Waals surface area contributed by atoms with Gasteiger partial charge >= 0.3 is 0 Å². The van der Waals surface area contributed by atoms with Gasteiger partial charge in [0.25, 0.3) is 0 Å². The van der Waals surface area contributed by atoms with E-state index >= 15 is 0 Å². The summed E-state index contributed by atoms with van der Waals surface area (Å²) in [5.74, 6) is 0.801. The molecule has 5 heteroatoms. The lowest BCUT2D eigenvalue weighted by atomic mass is 10.2. The smallest absolute Gasteiger partial charge is 0.117 e. The van der Waals surface area contributed by atoms with Crippen LogP contribution < -0.4 is 5.73 Å². The molecule has 2 N–H and O–H groups in total. The molecule has 0 saturated heterocycles. The molecule has 0 spiro atoms. The van der Waals surface area contributed by atoms with Gasteiger partial charge in [-0.3, -0.25) is 14.6 Å². The Hall–Kier alpha value is -1.75. The summed E-state index contributed by atoms with van der Waals surface area (Å²) in [6.07, 6.45) is 9.73. The van der Waals surface area contributed by atoms with Crippen LogP contribution in [0.2, 0.25) is 0 Å². The molecule has 1 aliphatic rings. The highest BCUT2D eigenvalue weighted by molar-refractivity contribution is 5.56. The molecule has 0 aliphatic heterocycles. The fourth-order valence-electron chi connectivity index (χ4n) is 1.91. The summed E-state index contributed by atoms with van der Waals surface area (Å²) in [5, 5.41) is 4.57. The van der Waals surface area contributed by atoms with E-state index in [-0.39, 0.29) is 0 Å². The van der Waals surface area contributed by atoms with Crippen LogP contribution in [-0.2, 0) is 13.1 Å². The number of nitrogens with two attached hydrogens (primary N) is 1. The van der Waals surface area contributed by atoms with Crippen molar-refractivity contribution in [2.24, 2.45) is 11.7 Å². The first kappa shape index (κ1) is 10.4. The molecule has 5 nitrogen and oxygen atoms in total. The summed E-state index contributed by atoms with van der Waals surface area (Å²) in [7, 11) is 0. The molecule has 17 heavy (non-hydrogen) atoms. The van der Waals surface area contributed by atoms with E-state index in [0.717, 1.165) is 29.4 Å². The van der Waals surface area contributed by atoms with Crippen LogP contribution in [0.4, 0.5) is 0 Å². The molecular formula is C12H15N5. The normalized spacial score (nSPS) is 15.1. The largest absolute Gasteiger partial charge is 0.326 e. The summed E-state index contributed by atoms with van der Waals surface area (Å²) < 4.78 is 1.99. The summed E-state index contributed by atoms with van der Waals surface area (Å²) in [4.78, 5) is 8.34. The van der Waals surface area contributed by atoms with E-state index in [4.69, 9.17) is 5.73 Å². The number of hydrogen-bond acceptors (Lipinski definition) is 4. The van der Waals surface area contributed by atoms with Crippen molar-refractivity contribution < 1.29 is 0 Å². The van der Waals surface area contributed by atoms with Gasteiger partial charge < -0.3 is 5.73 Å². The first-order valence-corrected chi connectivity index (χ1v) is 5.89. The molecule has 2 aromatic heterocycles. The van der Waals surface area contributed by atoms with Crippen molar-refractivity contribution in [1.29, 1.82) is 0 Å². The van der Waals surface area contributed by atoms with Crippen LogP contribution in [0.3, 0.4) is 0 Å². The van der Waals surface area contributed by atoms with E-state index in [2.05, 4.69) is 15.1 Å². The highest BCUT2D eigenvalue weighted by Gasteiger charge is 2.23. The molecule has 2 heterocycles. The van der Waals surface area contributed by atoms with E-state index in [1.807, 2.05) is 10.9 Å². The van der Waals surface area contributed by atoms with Crippen molar-refractivity contribution in [3.05, 3.63) is 30.4 Å². The monoisotopic (exact) mass is 229 g/mol. The van der Waals surface area contributed by atoms with Gasteiger partial charge in [0.05, 0.1) is 6.20 Å². The summed E-state index contributed by atoms with van der Waals surface area (Å²) in [5.41, 5.74) is 8.44. The average molecular weight is 229 g/mol. The number of aromatic nitrogens is 4. The van der Waals surface area contributed by atoms with Crippen LogP contribution in [0.25, 0.3) is 11.4 Å².